The summed E-state index contributed by atoms with van der Waals surface area (Å²) in [4.78, 5) is 0. The van der Waals surface area contributed by atoms with Crippen LogP contribution < -0.4 is 5.32 Å². The zero-order valence-electron chi connectivity index (χ0n) is 9.53. The molecule has 1 aromatic heterocycles. The van der Waals surface area contributed by atoms with Crippen LogP contribution in [0.15, 0.2) is 36.4 Å². The Hall–Kier alpha value is -1.77. The SMILES string of the molecule is CCCCNc1cc(-c2ccccc2)n[nH]1. The van der Waals surface area contributed by atoms with Crippen molar-refractivity contribution in [1.82, 2.24) is 10.2 Å². The zero-order valence-corrected chi connectivity index (χ0v) is 9.53. The third-order valence-corrected chi connectivity index (χ3v) is 2.49. The quantitative estimate of drug-likeness (QED) is 0.751. The number of aromatic amines is 1. The molecule has 0 aliphatic carbocycles. The van der Waals surface area contributed by atoms with Gasteiger partial charge in [-0.25, -0.2) is 0 Å². The average molecular weight is 215 g/mol. The Bertz CT molecular complexity index is 420. The van der Waals surface area contributed by atoms with Crippen LogP contribution in [0.1, 0.15) is 19.8 Å². The maximum Gasteiger partial charge on any atom is 0.122 e. The van der Waals surface area contributed by atoms with Crippen LogP contribution in [0.4, 0.5) is 5.82 Å². The summed E-state index contributed by atoms with van der Waals surface area (Å²) >= 11 is 0. The minimum absolute atomic E-state index is 0.986. The van der Waals surface area contributed by atoms with Crippen molar-refractivity contribution in [3.8, 4) is 11.3 Å². The van der Waals surface area contributed by atoms with Crippen molar-refractivity contribution in [2.75, 3.05) is 11.9 Å². The summed E-state index contributed by atoms with van der Waals surface area (Å²) in [5.74, 6) is 0.993. The van der Waals surface area contributed by atoms with E-state index in [1.165, 1.54) is 12.8 Å². The Balaban J connectivity index is 2.02. The second-order valence-electron chi connectivity index (χ2n) is 3.81. The number of rotatable bonds is 5. The Morgan fingerprint density at radius 3 is 2.81 bits per heavy atom. The third-order valence-electron chi connectivity index (χ3n) is 2.49. The molecule has 0 bridgehead atoms. The maximum atomic E-state index is 4.28. The summed E-state index contributed by atoms with van der Waals surface area (Å²) in [6.07, 6.45) is 2.38. The number of benzene rings is 1. The van der Waals surface area contributed by atoms with E-state index in [-0.39, 0.29) is 0 Å². The molecule has 16 heavy (non-hydrogen) atoms. The fourth-order valence-corrected chi connectivity index (χ4v) is 1.57. The Morgan fingerprint density at radius 1 is 1.25 bits per heavy atom. The van der Waals surface area contributed by atoms with Crippen molar-refractivity contribution in [1.29, 1.82) is 0 Å². The van der Waals surface area contributed by atoms with E-state index in [4.69, 9.17) is 0 Å². The van der Waals surface area contributed by atoms with E-state index in [1.54, 1.807) is 0 Å². The second-order valence-corrected chi connectivity index (χ2v) is 3.81. The van der Waals surface area contributed by atoms with Gasteiger partial charge in [0.15, 0.2) is 0 Å². The standard InChI is InChI=1S/C13H17N3/c1-2-3-9-14-13-10-12(15-16-13)11-7-5-4-6-8-11/h4-8,10H,2-3,9H2,1H3,(H2,14,15,16). The van der Waals surface area contributed by atoms with Crippen LogP contribution in [-0.4, -0.2) is 16.7 Å². The zero-order chi connectivity index (χ0) is 11.2. The van der Waals surface area contributed by atoms with Crippen molar-refractivity contribution >= 4 is 5.82 Å². The summed E-state index contributed by atoms with van der Waals surface area (Å²) in [7, 11) is 0. The first-order valence-electron chi connectivity index (χ1n) is 5.75. The molecule has 0 saturated carbocycles. The van der Waals surface area contributed by atoms with Crippen molar-refractivity contribution in [2.45, 2.75) is 19.8 Å². The van der Waals surface area contributed by atoms with Crippen molar-refractivity contribution in [2.24, 2.45) is 0 Å². The van der Waals surface area contributed by atoms with Crippen molar-refractivity contribution < 1.29 is 0 Å². The third kappa shape index (κ3) is 2.63. The molecule has 0 atom stereocenters. The Morgan fingerprint density at radius 2 is 2.06 bits per heavy atom. The van der Waals surface area contributed by atoms with Gasteiger partial charge in [-0.15, -0.1) is 0 Å². The molecule has 1 aromatic carbocycles. The molecule has 0 spiro atoms. The molecule has 0 aliphatic rings. The van der Waals surface area contributed by atoms with Crippen molar-refractivity contribution in [3.05, 3.63) is 36.4 Å². The predicted octanol–water partition coefficient (Wildman–Crippen LogP) is 3.29. The lowest BCUT2D eigenvalue weighted by molar-refractivity contribution is 0.830. The highest BCUT2D eigenvalue weighted by molar-refractivity contribution is 5.62. The molecule has 3 heteroatoms. The van der Waals surface area contributed by atoms with Gasteiger partial charge in [0.1, 0.15) is 5.82 Å². The van der Waals surface area contributed by atoms with Gasteiger partial charge >= 0.3 is 0 Å². The molecule has 2 N–H and O–H groups in total. The topological polar surface area (TPSA) is 40.7 Å². The number of unbranched alkanes of at least 4 members (excludes halogenated alkanes) is 1. The molecule has 0 amide bonds. The van der Waals surface area contributed by atoms with Gasteiger partial charge in [0, 0.05) is 18.2 Å². The molecule has 2 rings (SSSR count). The highest BCUT2D eigenvalue weighted by Gasteiger charge is 2.01. The molecule has 84 valence electrons. The minimum atomic E-state index is 0.986. The predicted molar refractivity (Wildman–Crippen MR) is 67.4 cm³/mol. The fraction of sp³-hybridized carbons (Fsp3) is 0.308. The van der Waals surface area contributed by atoms with Gasteiger partial charge in [0.05, 0.1) is 5.69 Å². The summed E-state index contributed by atoms with van der Waals surface area (Å²) < 4.78 is 0. The number of aromatic nitrogens is 2. The van der Waals surface area contributed by atoms with Crippen LogP contribution in [0.25, 0.3) is 11.3 Å². The molecular formula is C13H17N3. The van der Waals surface area contributed by atoms with Crippen LogP contribution in [0.2, 0.25) is 0 Å². The molecule has 0 fully saturated rings. The second kappa shape index (κ2) is 5.35. The van der Waals surface area contributed by atoms with Gasteiger partial charge < -0.3 is 5.32 Å². The van der Waals surface area contributed by atoms with Gasteiger partial charge in [-0.2, -0.15) is 5.10 Å². The molecule has 0 radical (unpaired) electrons. The van der Waals surface area contributed by atoms with Gasteiger partial charge in [0.25, 0.3) is 0 Å². The van der Waals surface area contributed by atoms with E-state index in [9.17, 15) is 0 Å². The van der Waals surface area contributed by atoms with E-state index in [0.717, 1.165) is 23.6 Å². The molecule has 3 nitrogen and oxygen atoms in total. The Labute approximate surface area is 95.9 Å². The van der Waals surface area contributed by atoms with E-state index in [1.807, 2.05) is 24.3 Å². The largest absolute Gasteiger partial charge is 0.370 e. The summed E-state index contributed by atoms with van der Waals surface area (Å²) in [5, 5.41) is 10.6. The van der Waals surface area contributed by atoms with Gasteiger partial charge in [-0.3, -0.25) is 5.10 Å². The van der Waals surface area contributed by atoms with Crippen LogP contribution in [-0.2, 0) is 0 Å². The lowest BCUT2D eigenvalue weighted by Crippen LogP contribution is -2.00. The van der Waals surface area contributed by atoms with Crippen LogP contribution >= 0.6 is 0 Å². The van der Waals surface area contributed by atoms with Crippen LogP contribution in [0.3, 0.4) is 0 Å². The first kappa shape index (κ1) is 10.7. The molecule has 0 unspecified atom stereocenters. The van der Waals surface area contributed by atoms with E-state index < -0.39 is 0 Å². The first-order valence-corrected chi connectivity index (χ1v) is 5.75. The fourth-order valence-electron chi connectivity index (χ4n) is 1.57. The molecule has 0 saturated heterocycles. The molecule has 2 aromatic rings. The van der Waals surface area contributed by atoms with Gasteiger partial charge in [-0.05, 0) is 6.42 Å². The lowest BCUT2D eigenvalue weighted by Gasteiger charge is -1.99. The van der Waals surface area contributed by atoms with E-state index >= 15 is 0 Å². The van der Waals surface area contributed by atoms with Crippen molar-refractivity contribution in [3.63, 3.8) is 0 Å². The molecule has 0 aliphatic heterocycles. The number of nitrogens with one attached hydrogen (secondary N) is 2. The number of anilines is 1. The lowest BCUT2D eigenvalue weighted by atomic mass is 10.1. The summed E-state index contributed by atoms with van der Waals surface area (Å²) in [5.41, 5.74) is 2.13. The molecule has 1 heterocycles. The summed E-state index contributed by atoms with van der Waals surface area (Å²) in [6, 6.07) is 12.2. The highest BCUT2D eigenvalue weighted by Crippen LogP contribution is 2.18. The van der Waals surface area contributed by atoms with Crippen LogP contribution in [0.5, 0.6) is 0 Å². The normalized spacial score (nSPS) is 10.3. The number of H-pyrrole nitrogens is 1. The van der Waals surface area contributed by atoms with E-state index in [2.05, 4.69) is 34.6 Å². The average Bonchev–Trinajstić information content (AvgIpc) is 2.79. The van der Waals surface area contributed by atoms with Gasteiger partial charge in [-0.1, -0.05) is 43.7 Å². The summed E-state index contributed by atoms with van der Waals surface area (Å²) in [6.45, 7) is 3.18. The minimum Gasteiger partial charge on any atom is -0.370 e. The maximum absolute atomic E-state index is 4.28. The van der Waals surface area contributed by atoms with E-state index in [0.29, 0.717) is 0 Å². The number of nitrogens with zero attached hydrogens (tertiary/aromatic N) is 1. The monoisotopic (exact) mass is 215 g/mol. The van der Waals surface area contributed by atoms with Crippen LogP contribution in [0, 0.1) is 0 Å². The smallest absolute Gasteiger partial charge is 0.122 e. The first-order chi connectivity index (χ1) is 7.90. The Kier molecular flexibility index (Phi) is 3.59. The number of hydrogen-bond donors (Lipinski definition) is 2. The molecular weight excluding hydrogens is 198 g/mol. The highest BCUT2D eigenvalue weighted by atomic mass is 15.2. The van der Waals surface area contributed by atoms with Gasteiger partial charge in [0.2, 0.25) is 0 Å². The number of hydrogen-bond acceptors (Lipinski definition) is 2.